The van der Waals surface area contributed by atoms with Gasteiger partial charge in [0.1, 0.15) is 12.4 Å². The van der Waals surface area contributed by atoms with Crippen LogP contribution in [0.3, 0.4) is 0 Å². The molecule has 1 saturated heterocycles. The quantitative estimate of drug-likeness (QED) is 0.842. The van der Waals surface area contributed by atoms with Crippen LogP contribution in [0.1, 0.15) is 12.0 Å². The minimum atomic E-state index is -2.49. The van der Waals surface area contributed by atoms with Crippen LogP contribution in [0.2, 0.25) is 0 Å². The summed E-state index contributed by atoms with van der Waals surface area (Å²) in [5, 5.41) is 5.99. The molecule has 1 aromatic rings. The highest BCUT2D eigenvalue weighted by Gasteiger charge is 2.21. The SMILES string of the molecule is Cl.O=C(NCc1cccc(OCC(F)F)c1)C1CCNC1. The third-order valence-electron chi connectivity index (χ3n) is 3.17. The number of halogens is 3. The molecule has 1 fully saturated rings. The molecule has 1 unspecified atom stereocenters. The summed E-state index contributed by atoms with van der Waals surface area (Å²) in [5.41, 5.74) is 0.830. The second-order valence-electron chi connectivity index (χ2n) is 4.76. The van der Waals surface area contributed by atoms with Crippen molar-refractivity contribution >= 4 is 18.3 Å². The number of alkyl halides is 2. The van der Waals surface area contributed by atoms with Crippen LogP contribution in [-0.2, 0) is 11.3 Å². The molecule has 1 heterocycles. The monoisotopic (exact) mass is 320 g/mol. The van der Waals surface area contributed by atoms with Crippen LogP contribution in [0.5, 0.6) is 5.75 Å². The van der Waals surface area contributed by atoms with Crippen LogP contribution in [-0.4, -0.2) is 32.0 Å². The molecule has 1 atom stereocenters. The van der Waals surface area contributed by atoms with Gasteiger partial charge in [0.05, 0.1) is 5.92 Å². The van der Waals surface area contributed by atoms with Crippen molar-refractivity contribution in [2.24, 2.45) is 5.92 Å². The maximum Gasteiger partial charge on any atom is 0.272 e. The van der Waals surface area contributed by atoms with Gasteiger partial charge < -0.3 is 15.4 Å². The highest BCUT2D eigenvalue weighted by molar-refractivity contribution is 5.85. The topological polar surface area (TPSA) is 50.4 Å². The lowest BCUT2D eigenvalue weighted by atomic mass is 10.1. The summed E-state index contributed by atoms with van der Waals surface area (Å²) < 4.78 is 29.1. The van der Waals surface area contributed by atoms with E-state index in [1.165, 1.54) is 0 Å². The number of hydrogen-bond donors (Lipinski definition) is 2. The smallest absolute Gasteiger partial charge is 0.272 e. The normalized spacial score (nSPS) is 17.4. The lowest BCUT2D eigenvalue weighted by Crippen LogP contribution is -2.31. The Hall–Kier alpha value is -1.40. The average molecular weight is 321 g/mol. The van der Waals surface area contributed by atoms with Gasteiger partial charge in [0.25, 0.3) is 6.43 Å². The lowest BCUT2D eigenvalue weighted by molar-refractivity contribution is -0.124. The molecule has 0 spiro atoms. The second-order valence-corrected chi connectivity index (χ2v) is 4.76. The first-order valence-corrected chi connectivity index (χ1v) is 6.63. The third-order valence-corrected chi connectivity index (χ3v) is 3.17. The van der Waals surface area contributed by atoms with E-state index in [9.17, 15) is 13.6 Å². The predicted molar refractivity (Wildman–Crippen MR) is 78.0 cm³/mol. The zero-order valence-electron chi connectivity index (χ0n) is 11.5. The van der Waals surface area contributed by atoms with Crippen LogP contribution in [0.25, 0.3) is 0 Å². The van der Waals surface area contributed by atoms with Gasteiger partial charge in [0.15, 0.2) is 0 Å². The summed E-state index contributed by atoms with van der Waals surface area (Å²) >= 11 is 0. The number of carbonyl (C=O) groups is 1. The highest BCUT2D eigenvalue weighted by atomic mass is 35.5. The van der Waals surface area contributed by atoms with Gasteiger partial charge in [-0.3, -0.25) is 4.79 Å². The molecule has 0 saturated carbocycles. The first-order chi connectivity index (χ1) is 9.65. The first kappa shape index (κ1) is 17.7. The summed E-state index contributed by atoms with van der Waals surface area (Å²) in [6, 6.07) is 6.83. The standard InChI is InChI=1S/C14H18F2N2O2.ClH/c15-13(16)9-20-12-3-1-2-10(6-12)7-18-14(19)11-4-5-17-8-11;/h1-3,6,11,13,17H,4-5,7-9H2,(H,18,19);1H. The molecule has 1 aliphatic heterocycles. The van der Waals surface area contributed by atoms with Crippen LogP contribution >= 0.6 is 12.4 Å². The molecule has 0 aromatic heterocycles. The second kappa shape index (κ2) is 8.79. The molecular weight excluding hydrogens is 302 g/mol. The van der Waals surface area contributed by atoms with E-state index in [-0.39, 0.29) is 24.2 Å². The number of hydrogen-bond acceptors (Lipinski definition) is 3. The van der Waals surface area contributed by atoms with Gasteiger partial charge in [-0.1, -0.05) is 12.1 Å². The number of ether oxygens (including phenoxy) is 1. The van der Waals surface area contributed by atoms with Gasteiger partial charge in [-0.05, 0) is 30.7 Å². The van der Waals surface area contributed by atoms with E-state index in [4.69, 9.17) is 4.74 Å². The molecule has 0 bridgehead atoms. The Morgan fingerprint density at radius 1 is 1.48 bits per heavy atom. The van der Waals surface area contributed by atoms with Crippen LogP contribution in [0, 0.1) is 5.92 Å². The summed E-state index contributed by atoms with van der Waals surface area (Å²) in [6.07, 6.45) is -1.64. The Morgan fingerprint density at radius 2 is 2.29 bits per heavy atom. The number of carbonyl (C=O) groups excluding carboxylic acids is 1. The number of rotatable bonds is 6. The summed E-state index contributed by atoms with van der Waals surface area (Å²) in [7, 11) is 0. The predicted octanol–water partition coefficient (Wildman–Crippen LogP) is 1.98. The highest BCUT2D eigenvalue weighted by Crippen LogP contribution is 2.14. The van der Waals surface area contributed by atoms with Crippen molar-refractivity contribution in [3.05, 3.63) is 29.8 Å². The Morgan fingerprint density at radius 3 is 2.95 bits per heavy atom. The molecule has 0 aliphatic carbocycles. The van der Waals surface area contributed by atoms with E-state index in [1.54, 1.807) is 18.2 Å². The molecule has 2 N–H and O–H groups in total. The molecule has 21 heavy (non-hydrogen) atoms. The number of nitrogens with one attached hydrogen (secondary N) is 2. The Balaban J connectivity index is 0.00000220. The zero-order chi connectivity index (χ0) is 14.4. The molecule has 1 amide bonds. The molecule has 0 radical (unpaired) electrons. The van der Waals surface area contributed by atoms with Gasteiger partial charge >= 0.3 is 0 Å². The number of amides is 1. The fraction of sp³-hybridized carbons (Fsp3) is 0.500. The maximum absolute atomic E-state index is 12.1. The van der Waals surface area contributed by atoms with Gasteiger partial charge in [-0.15, -0.1) is 12.4 Å². The Labute approximate surface area is 128 Å². The molecule has 1 aliphatic rings. The molecule has 7 heteroatoms. The Kier molecular flexibility index (Phi) is 7.39. The van der Waals surface area contributed by atoms with Crippen molar-refractivity contribution in [2.45, 2.75) is 19.4 Å². The molecule has 2 rings (SSSR count). The van der Waals surface area contributed by atoms with Crippen molar-refractivity contribution < 1.29 is 18.3 Å². The van der Waals surface area contributed by atoms with Gasteiger partial charge in [-0.2, -0.15) is 0 Å². The summed E-state index contributed by atoms with van der Waals surface area (Å²) in [5.74, 6) is 0.432. The van der Waals surface area contributed by atoms with E-state index < -0.39 is 13.0 Å². The van der Waals surface area contributed by atoms with Gasteiger partial charge in [-0.25, -0.2) is 8.78 Å². The van der Waals surface area contributed by atoms with E-state index in [0.29, 0.717) is 18.8 Å². The van der Waals surface area contributed by atoms with Crippen molar-refractivity contribution in [1.29, 1.82) is 0 Å². The minimum Gasteiger partial charge on any atom is -0.488 e. The molecule has 118 valence electrons. The van der Waals surface area contributed by atoms with Crippen molar-refractivity contribution in [1.82, 2.24) is 10.6 Å². The Bertz CT molecular complexity index is 454. The molecule has 4 nitrogen and oxygen atoms in total. The van der Waals surface area contributed by atoms with Crippen molar-refractivity contribution in [2.75, 3.05) is 19.7 Å². The largest absolute Gasteiger partial charge is 0.488 e. The fourth-order valence-electron chi connectivity index (χ4n) is 2.12. The minimum absolute atomic E-state index is 0. The van der Waals surface area contributed by atoms with Gasteiger partial charge in [0, 0.05) is 13.1 Å². The van der Waals surface area contributed by atoms with E-state index in [1.807, 2.05) is 6.07 Å². The molecular formula is C14H19ClF2N2O2. The van der Waals surface area contributed by atoms with Crippen molar-refractivity contribution in [3.8, 4) is 5.75 Å². The van der Waals surface area contributed by atoms with E-state index in [0.717, 1.165) is 18.5 Å². The lowest BCUT2D eigenvalue weighted by Gasteiger charge is -2.11. The van der Waals surface area contributed by atoms with Gasteiger partial charge in [0.2, 0.25) is 5.91 Å². The van der Waals surface area contributed by atoms with Crippen LogP contribution in [0.15, 0.2) is 24.3 Å². The zero-order valence-corrected chi connectivity index (χ0v) is 12.3. The first-order valence-electron chi connectivity index (χ1n) is 6.63. The summed E-state index contributed by atoms with van der Waals surface area (Å²) in [4.78, 5) is 11.8. The number of benzene rings is 1. The van der Waals surface area contributed by atoms with Crippen molar-refractivity contribution in [3.63, 3.8) is 0 Å². The summed E-state index contributed by atoms with van der Waals surface area (Å²) in [6.45, 7) is 1.34. The molecule has 1 aromatic carbocycles. The fourth-order valence-corrected chi connectivity index (χ4v) is 2.12. The van der Waals surface area contributed by atoms with Crippen LogP contribution < -0.4 is 15.4 Å². The maximum atomic E-state index is 12.1. The van der Waals surface area contributed by atoms with Crippen LogP contribution in [0.4, 0.5) is 8.78 Å². The van der Waals surface area contributed by atoms with E-state index in [2.05, 4.69) is 10.6 Å². The average Bonchev–Trinajstić information content (AvgIpc) is 2.97. The third kappa shape index (κ3) is 5.85. The van der Waals surface area contributed by atoms with E-state index >= 15 is 0 Å².